The van der Waals surface area contributed by atoms with Gasteiger partial charge >= 0.3 is 0 Å². The number of benzene rings is 1. The van der Waals surface area contributed by atoms with Crippen LogP contribution in [-0.2, 0) is 17.3 Å². The highest BCUT2D eigenvalue weighted by Gasteiger charge is 2.49. The smallest absolute Gasteiger partial charge is 0.261 e. The molecule has 13 heteroatoms. The zero-order chi connectivity index (χ0) is 27.8. The van der Waals surface area contributed by atoms with Gasteiger partial charge in [-0.3, -0.25) is 19.2 Å². The van der Waals surface area contributed by atoms with Crippen LogP contribution in [0.25, 0.3) is 0 Å². The number of aromatic nitrogens is 3. The maximum atomic E-state index is 16.2. The number of pyridine rings is 1. The Kier molecular flexibility index (Phi) is 5.87. The van der Waals surface area contributed by atoms with Crippen LogP contribution >= 0.6 is 11.6 Å². The number of anilines is 2. The Morgan fingerprint density at radius 2 is 1.92 bits per heavy atom. The van der Waals surface area contributed by atoms with E-state index in [9.17, 15) is 18.4 Å². The molecule has 6 rings (SSSR count). The van der Waals surface area contributed by atoms with Gasteiger partial charge in [-0.05, 0) is 19.4 Å². The molecule has 1 saturated heterocycles. The summed E-state index contributed by atoms with van der Waals surface area (Å²) in [5.41, 5.74) is -1.81. The number of halogens is 5. The lowest BCUT2D eigenvalue weighted by atomic mass is 9.71. The Morgan fingerprint density at radius 3 is 2.56 bits per heavy atom. The maximum absolute atomic E-state index is 16.2. The van der Waals surface area contributed by atoms with Crippen LogP contribution < -0.4 is 10.2 Å². The van der Waals surface area contributed by atoms with Gasteiger partial charge in [0.05, 0.1) is 28.7 Å². The molecule has 0 bridgehead atoms. The summed E-state index contributed by atoms with van der Waals surface area (Å²) in [4.78, 5) is 32.4. The highest BCUT2D eigenvalue weighted by molar-refractivity contribution is 6.30. The molecule has 3 aliphatic rings. The largest absolute Gasteiger partial charge is 0.361 e. The topological polar surface area (TPSA) is 83.4 Å². The van der Waals surface area contributed by atoms with Crippen LogP contribution in [0, 0.1) is 23.4 Å². The molecule has 1 saturated carbocycles. The van der Waals surface area contributed by atoms with E-state index >= 15 is 8.78 Å². The van der Waals surface area contributed by atoms with Crippen molar-refractivity contribution in [2.45, 2.75) is 31.0 Å². The second-order valence-electron chi connectivity index (χ2n) is 10.5. The third kappa shape index (κ3) is 4.03. The van der Waals surface area contributed by atoms with E-state index in [1.165, 1.54) is 34.8 Å². The summed E-state index contributed by atoms with van der Waals surface area (Å²) in [7, 11) is 1.49. The normalized spacial score (nSPS) is 24.4. The fraction of sp³-hybridized carbons (Fsp3) is 0.385. The zero-order valence-corrected chi connectivity index (χ0v) is 21.6. The number of nitrogens with one attached hydrogen (secondary N) is 1. The number of likely N-dealkylation sites (tertiary alicyclic amines) is 1. The SMILES string of the molecule is Cn1cc(F)c(N2C[C@](C)(c3cccc(Cl)c3F)c3c(cnc(NC4CN(C(=O)[C@@H]5C[C@@H]5F)C4)c3F)C2=O)n1. The van der Waals surface area contributed by atoms with Gasteiger partial charge in [0.15, 0.2) is 23.3 Å². The van der Waals surface area contributed by atoms with E-state index in [1.807, 2.05) is 0 Å². The van der Waals surface area contributed by atoms with Crippen LogP contribution in [0.4, 0.5) is 29.2 Å². The van der Waals surface area contributed by atoms with Crippen LogP contribution in [-0.4, -0.2) is 63.3 Å². The van der Waals surface area contributed by atoms with Gasteiger partial charge < -0.3 is 10.2 Å². The molecule has 1 N–H and O–H groups in total. The molecule has 0 unspecified atom stereocenters. The Balaban J connectivity index is 1.39. The summed E-state index contributed by atoms with van der Waals surface area (Å²) in [5, 5.41) is 6.79. The molecule has 8 nitrogen and oxygen atoms in total. The number of carbonyl (C=O) groups excluding carboxylic acids is 2. The molecule has 0 radical (unpaired) electrons. The molecule has 1 aromatic carbocycles. The summed E-state index contributed by atoms with van der Waals surface area (Å²) in [5.74, 6) is -4.52. The monoisotopic (exact) mass is 562 g/mol. The first-order valence-electron chi connectivity index (χ1n) is 12.3. The first-order chi connectivity index (χ1) is 18.5. The average molecular weight is 563 g/mol. The van der Waals surface area contributed by atoms with Crippen molar-refractivity contribution in [3.63, 3.8) is 0 Å². The number of hydrogen-bond donors (Lipinski definition) is 1. The minimum absolute atomic E-state index is 0.00626. The van der Waals surface area contributed by atoms with E-state index in [2.05, 4.69) is 15.4 Å². The zero-order valence-electron chi connectivity index (χ0n) is 20.9. The predicted octanol–water partition coefficient (Wildman–Crippen LogP) is 3.83. The third-order valence-corrected chi connectivity index (χ3v) is 7.94. The lowest BCUT2D eigenvalue weighted by molar-refractivity contribution is -0.136. The highest BCUT2D eigenvalue weighted by atomic mass is 35.5. The van der Waals surface area contributed by atoms with Gasteiger partial charge in [-0.25, -0.2) is 22.5 Å². The van der Waals surface area contributed by atoms with E-state index in [-0.39, 0.29) is 71.4 Å². The quantitative estimate of drug-likeness (QED) is 0.478. The van der Waals surface area contributed by atoms with Crippen molar-refractivity contribution in [2.24, 2.45) is 13.0 Å². The second kappa shape index (κ2) is 8.94. The Hall–Kier alpha value is -3.67. The highest BCUT2D eigenvalue weighted by Crippen LogP contribution is 2.45. The molecule has 1 aliphatic carbocycles. The van der Waals surface area contributed by atoms with Crippen LogP contribution in [0.2, 0.25) is 5.02 Å². The fourth-order valence-electron chi connectivity index (χ4n) is 5.45. The number of amides is 2. The van der Waals surface area contributed by atoms with E-state index in [1.54, 1.807) is 6.92 Å². The predicted molar refractivity (Wildman–Crippen MR) is 134 cm³/mol. The van der Waals surface area contributed by atoms with E-state index in [0.717, 1.165) is 17.3 Å². The maximum Gasteiger partial charge on any atom is 0.261 e. The molecule has 4 heterocycles. The lowest BCUT2D eigenvalue weighted by Gasteiger charge is -2.42. The first-order valence-corrected chi connectivity index (χ1v) is 12.7. The summed E-state index contributed by atoms with van der Waals surface area (Å²) in [6.07, 6.45) is 1.37. The standard InChI is InChI=1S/C26H23ClF4N6O2/c1-26(15-4-3-5-16(27)20(15)30)11-37(23-18(29)10-35(2)34-23)25(39)14-7-32-22(21(31)19(14)26)33-12-8-36(9-12)24(38)13-6-17(13)28/h3-5,7,10,12-13,17H,6,8-9,11H2,1-2H3,(H,32,33)/t13-,17+,26-/m1/s1. The number of carbonyl (C=O) groups is 2. The van der Waals surface area contributed by atoms with Gasteiger partial charge in [0.25, 0.3) is 5.91 Å². The molecule has 204 valence electrons. The summed E-state index contributed by atoms with van der Waals surface area (Å²) in [6, 6.07) is 3.94. The molecular weight excluding hydrogens is 540 g/mol. The molecule has 2 aliphatic heterocycles. The molecule has 39 heavy (non-hydrogen) atoms. The van der Waals surface area contributed by atoms with Crippen LogP contribution in [0.1, 0.15) is 34.8 Å². The summed E-state index contributed by atoms with van der Waals surface area (Å²) in [6.45, 7) is 1.70. The number of aryl methyl sites for hydroxylation is 1. The molecular formula is C26H23ClF4N6O2. The number of fused-ring (bicyclic) bond motifs is 1. The van der Waals surface area contributed by atoms with Crippen molar-refractivity contribution in [1.29, 1.82) is 0 Å². The molecule has 2 amide bonds. The second-order valence-corrected chi connectivity index (χ2v) is 10.9. The lowest BCUT2D eigenvalue weighted by Crippen LogP contribution is -2.58. The molecule has 3 aromatic rings. The van der Waals surface area contributed by atoms with Gasteiger partial charge in [-0.15, -0.1) is 0 Å². The van der Waals surface area contributed by atoms with E-state index in [0.29, 0.717) is 0 Å². The van der Waals surface area contributed by atoms with Crippen molar-refractivity contribution in [3.05, 3.63) is 69.8 Å². The Bertz CT molecular complexity index is 1530. The van der Waals surface area contributed by atoms with Gasteiger partial charge in [0, 0.05) is 49.4 Å². The van der Waals surface area contributed by atoms with Crippen molar-refractivity contribution >= 4 is 35.1 Å². The summed E-state index contributed by atoms with van der Waals surface area (Å²) >= 11 is 6.07. The van der Waals surface area contributed by atoms with Crippen LogP contribution in [0.3, 0.4) is 0 Å². The average Bonchev–Trinajstić information content (AvgIpc) is 3.50. The summed E-state index contributed by atoms with van der Waals surface area (Å²) < 4.78 is 60.8. The van der Waals surface area contributed by atoms with Crippen LogP contribution in [0.5, 0.6) is 0 Å². The number of alkyl halides is 1. The molecule has 0 spiro atoms. The minimum Gasteiger partial charge on any atom is -0.361 e. The van der Waals surface area contributed by atoms with Crippen molar-refractivity contribution < 1.29 is 27.2 Å². The first kappa shape index (κ1) is 25.6. The van der Waals surface area contributed by atoms with Gasteiger partial charge in [0.1, 0.15) is 12.0 Å². The van der Waals surface area contributed by atoms with Gasteiger partial charge in [-0.1, -0.05) is 23.7 Å². The van der Waals surface area contributed by atoms with E-state index < -0.39 is 40.9 Å². The molecule has 2 aromatic heterocycles. The Morgan fingerprint density at radius 1 is 1.21 bits per heavy atom. The van der Waals surface area contributed by atoms with Gasteiger partial charge in [-0.2, -0.15) is 5.10 Å². The molecule has 3 atom stereocenters. The molecule has 2 fully saturated rings. The van der Waals surface area contributed by atoms with Crippen molar-refractivity contribution in [3.8, 4) is 0 Å². The minimum atomic E-state index is -1.52. The Labute approximate surface area is 225 Å². The third-order valence-electron chi connectivity index (χ3n) is 7.65. The number of rotatable bonds is 5. The van der Waals surface area contributed by atoms with Crippen molar-refractivity contribution in [2.75, 3.05) is 29.9 Å². The number of nitrogens with zero attached hydrogens (tertiary/aromatic N) is 5. The van der Waals surface area contributed by atoms with E-state index in [4.69, 9.17) is 11.6 Å². The van der Waals surface area contributed by atoms with Crippen LogP contribution in [0.15, 0.2) is 30.6 Å². The van der Waals surface area contributed by atoms with Gasteiger partial charge in [0.2, 0.25) is 5.91 Å². The fourth-order valence-corrected chi connectivity index (χ4v) is 5.63. The number of hydrogen-bond acceptors (Lipinski definition) is 5. The van der Waals surface area contributed by atoms with Crippen molar-refractivity contribution in [1.82, 2.24) is 19.7 Å².